The number of aromatic hydroxyl groups is 1. The number of phenolic OH excluding ortho intramolecular Hbond substituents is 1. The molecule has 1 unspecified atom stereocenters. The van der Waals surface area contributed by atoms with E-state index in [1.807, 2.05) is 13.0 Å². The zero-order valence-corrected chi connectivity index (χ0v) is 17.7. The SMILES string of the molecule is CC(Cn1cnnn1)Oc1cccc(-c2ccc3ncn(-c4cc(F)cc(O)c4C#N)c3n2)n1. The van der Waals surface area contributed by atoms with Gasteiger partial charge in [0, 0.05) is 12.1 Å². The van der Waals surface area contributed by atoms with Gasteiger partial charge >= 0.3 is 0 Å². The molecule has 0 bridgehead atoms. The Hall–Kier alpha value is -4.92. The summed E-state index contributed by atoms with van der Waals surface area (Å²) in [5.41, 5.74) is 2.01. The maximum absolute atomic E-state index is 14.0. The summed E-state index contributed by atoms with van der Waals surface area (Å²) >= 11 is 0. The molecule has 5 rings (SSSR count). The van der Waals surface area contributed by atoms with E-state index in [1.165, 1.54) is 17.2 Å². The van der Waals surface area contributed by atoms with E-state index >= 15 is 0 Å². The summed E-state index contributed by atoms with van der Waals surface area (Å²) in [4.78, 5) is 13.5. The molecule has 0 saturated carbocycles. The van der Waals surface area contributed by atoms with Crippen LogP contribution in [0, 0.1) is 17.1 Å². The second kappa shape index (κ2) is 8.55. The first-order valence-corrected chi connectivity index (χ1v) is 10.1. The third-order valence-corrected chi connectivity index (χ3v) is 4.97. The molecule has 0 amide bonds. The van der Waals surface area contributed by atoms with Crippen molar-refractivity contribution in [2.24, 2.45) is 0 Å². The molecule has 0 aliphatic heterocycles. The second-order valence-electron chi connectivity index (χ2n) is 7.41. The molecule has 0 aliphatic rings. The van der Waals surface area contributed by atoms with E-state index in [0.717, 1.165) is 12.1 Å². The molecule has 4 aromatic heterocycles. The largest absolute Gasteiger partial charge is 0.506 e. The number of imidazole rings is 1. The van der Waals surface area contributed by atoms with E-state index in [2.05, 4.69) is 30.5 Å². The maximum atomic E-state index is 14.0. The molecule has 12 heteroatoms. The number of pyridine rings is 2. The summed E-state index contributed by atoms with van der Waals surface area (Å²) in [7, 11) is 0. The Kier molecular flexibility index (Phi) is 5.27. The molecule has 0 aliphatic carbocycles. The van der Waals surface area contributed by atoms with Gasteiger partial charge in [0.2, 0.25) is 5.88 Å². The molecule has 0 saturated heterocycles. The van der Waals surface area contributed by atoms with E-state index in [-0.39, 0.29) is 17.4 Å². The Morgan fingerprint density at radius 2 is 2.00 bits per heavy atom. The van der Waals surface area contributed by atoms with Crippen molar-refractivity contribution in [1.29, 1.82) is 5.26 Å². The van der Waals surface area contributed by atoms with Gasteiger partial charge in [-0.2, -0.15) is 5.26 Å². The van der Waals surface area contributed by atoms with Crippen LogP contribution < -0.4 is 4.74 Å². The molecule has 168 valence electrons. The van der Waals surface area contributed by atoms with Crippen LogP contribution in [0.3, 0.4) is 0 Å². The molecule has 0 radical (unpaired) electrons. The zero-order valence-electron chi connectivity index (χ0n) is 17.7. The van der Waals surface area contributed by atoms with Crippen molar-refractivity contribution < 1.29 is 14.2 Å². The number of nitrogens with zero attached hydrogens (tertiary/aromatic N) is 9. The predicted octanol–water partition coefficient (Wildman–Crippen LogP) is 2.65. The van der Waals surface area contributed by atoms with Gasteiger partial charge in [0.05, 0.1) is 23.6 Å². The molecular weight excluding hydrogens is 441 g/mol. The summed E-state index contributed by atoms with van der Waals surface area (Å²) < 4.78 is 22.9. The van der Waals surface area contributed by atoms with Crippen LogP contribution in [0.1, 0.15) is 12.5 Å². The summed E-state index contributed by atoms with van der Waals surface area (Å²) in [5.74, 6) is -0.750. The lowest BCUT2D eigenvalue weighted by atomic mass is 10.1. The van der Waals surface area contributed by atoms with Crippen LogP contribution in [0.4, 0.5) is 4.39 Å². The van der Waals surface area contributed by atoms with Crippen LogP contribution in [0.25, 0.3) is 28.2 Å². The minimum absolute atomic E-state index is 0.0852. The number of hydrogen-bond acceptors (Lipinski definition) is 9. The summed E-state index contributed by atoms with van der Waals surface area (Å²) in [6, 6.07) is 12.7. The monoisotopic (exact) mass is 457 g/mol. The van der Waals surface area contributed by atoms with E-state index < -0.39 is 11.6 Å². The molecule has 4 heterocycles. The molecule has 5 aromatic rings. The molecule has 0 fully saturated rings. The first-order chi connectivity index (χ1) is 16.5. The Labute approximate surface area is 191 Å². The fourth-order valence-electron chi connectivity index (χ4n) is 3.49. The van der Waals surface area contributed by atoms with E-state index in [4.69, 9.17) is 4.74 Å². The number of ether oxygens (including phenoxy) is 1. The number of nitriles is 1. The van der Waals surface area contributed by atoms with Crippen LogP contribution >= 0.6 is 0 Å². The van der Waals surface area contributed by atoms with Gasteiger partial charge in [-0.3, -0.25) is 4.57 Å². The van der Waals surface area contributed by atoms with Gasteiger partial charge in [-0.1, -0.05) is 6.07 Å². The molecule has 1 atom stereocenters. The highest BCUT2D eigenvalue weighted by molar-refractivity contribution is 5.77. The minimum Gasteiger partial charge on any atom is -0.506 e. The Morgan fingerprint density at radius 1 is 1.15 bits per heavy atom. The quantitative estimate of drug-likeness (QED) is 0.407. The standard InChI is InChI=1S/C22H16FN9O2/c1-13(10-31-12-26-29-30-31)34-21-4-2-3-16(27-21)17-5-6-18-22(28-17)32(11-25-18)19-7-14(23)8-20(33)15(19)9-24/h2-8,11-13,33H,10H2,1H3. The predicted molar refractivity (Wildman–Crippen MR) is 116 cm³/mol. The van der Waals surface area contributed by atoms with Crippen LogP contribution in [0.5, 0.6) is 11.6 Å². The van der Waals surface area contributed by atoms with Crippen molar-refractivity contribution >= 4 is 11.2 Å². The van der Waals surface area contributed by atoms with Crippen LogP contribution in [0.2, 0.25) is 0 Å². The zero-order chi connectivity index (χ0) is 23.7. The third kappa shape index (κ3) is 3.97. The van der Waals surface area contributed by atoms with Gasteiger partial charge in [-0.15, -0.1) is 5.10 Å². The number of benzene rings is 1. The minimum atomic E-state index is -0.688. The number of halogens is 1. The molecule has 11 nitrogen and oxygen atoms in total. The van der Waals surface area contributed by atoms with Crippen molar-refractivity contribution in [2.45, 2.75) is 19.6 Å². The summed E-state index contributed by atoms with van der Waals surface area (Å²) in [6.07, 6.45) is 2.68. The van der Waals surface area contributed by atoms with Gasteiger partial charge in [-0.05, 0) is 41.6 Å². The van der Waals surface area contributed by atoms with E-state index in [0.29, 0.717) is 35.0 Å². The molecule has 0 spiro atoms. The van der Waals surface area contributed by atoms with Crippen molar-refractivity contribution in [3.05, 3.63) is 66.5 Å². The highest BCUT2D eigenvalue weighted by atomic mass is 19.1. The molecule has 1 aromatic carbocycles. The lowest BCUT2D eigenvalue weighted by Crippen LogP contribution is -2.20. The Bertz CT molecular complexity index is 1530. The van der Waals surface area contributed by atoms with Gasteiger partial charge in [-0.25, -0.2) is 24.0 Å². The van der Waals surface area contributed by atoms with Gasteiger partial charge < -0.3 is 9.84 Å². The lowest BCUT2D eigenvalue weighted by Gasteiger charge is -2.14. The summed E-state index contributed by atoms with van der Waals surface area (Å²) in [6.45, 7) is 2.32. The van der Waals surface area contributed by atoms with Crippen molar-refractivity contribution in [2.75, 3.05) is 0 Å². The fraction of sp³-hybridized carbons (Fsp3) is 0.136. The highest BCUT2D eigenvalue weighted by Gasteiger charge is 2.17. The number of aromatic nitrogens is 8. The smallest absolute Gasteiger partial charge is 0.214 e. The third-order valence-electron chi connectivity index (χ3n) is 4.97. The average Bonchev–Trinajstić information content (AvgIpc) is 3.48. The van der Waals surface area contributed by atoms with Gasteiger partial charge in [0.1, 0.15) is 47.5 Å². The number of rotatable bonds is 6. The van der Waals surface area contributed by atoms with Gasteiger partial charge in [0.25, 0.3) is 0 Å². The number of hydrogen-bond donors (Lipinski definition) is 1. The first-order valence-electron chi connectivity index (χ1n) is 10.1. The van der Waals surface area contributed by atoms with Crippen LogP contribution in [-0.2, 0) is 6.54 Å². The molecular formula is C22H16FN9O2. The lowest BCUT2D eigenvalue weighted by molar-refractivity contribution is 0.185. The highest BCUT2D eigenvalue weighted by Crippen LogP contribution is 2.29. The molecule has 1 N–H and O–H groups in total. The average molecular weight is 457 g/mol. The number of fused-ring (bicyclic) bond motifs is 1. The van der Waals surface area contributed by atoms with Crippen LogP contribution in [-0.4, -0.2) is 50.9 Å². The van der Waals surface area contributed by atoms with E-state index in [9.17, 15) is 14.8 Å². The summed E-state index contributed by atoms with van der Waals surface area (Å²) in [5, 5.41) is 30.5. The Balaban J connectivity index is 1.49. The fourth-order valence-corrected chi connectivity index (χ4v) is 3.49. The van der Waals surface area contributed by atoms with Crippen molar-refractivity contribution in [3.63, 3.8) is 0 Å². The normalized spacial score (nSPS) is 11.9. The van der Waals surface area contributed by atoms with Gasteiger partial charge in [0.15, 0.2) is 5.65 Å². The van der Waals surface area contributed by atoms with Crippen molar-refractivity contribution in [3.8, 4) is 34.8 Å². The first kappa shape index (κ1) is 21.0. The second-order valence-corrected chi connectivity index (χ2v) is 7.41. The maximum Gasteiger partial charge on any atom is 0.214 e. The van der Waals surface area contributed by atoms with Crippen molar-refractivity contribution in [1.82, 2.24) is 39.7 Å². The Morgan fingerprint density at radius 3 is 2.79 bits per heavy atom. The number of tetrazole rings is 1. The van der Waals surface area contributed by atoms with E-state index in [1.54, 1.807) is 35.0 Å². The number of phenols is 1. The topological polar surface area (TPSA) is 140 Å². The van der Waals surface area contributed by atoms with Crippen LogP contribution in [0.15, 0.2) is 55.1 Å². The molecule has 34 heavy (non-hydrogen) atoms.